The summed E-state index contributed by atoms with van der Waals surface area (Å²) in [5.74, 6) is 0.527. The number of nitrogens with zero attached hydrogens (tertiary/aromatic N) is 3. The first kappa shape index (κ1) is 13.7. The number of nitrogen functional groups attached to an aromatic ring is 1. The van der Waals surface area contributed by atoms with Gasteiger partial charge in [0.2, 0.25) is 0 Å². The zero-order valence-electron chi connectivity index (χ0n) is 11.4. The molecule has 0 saturated carbocycles. The fraction of sp³-hybridized carbons (Fsp3) is 0.667. The first-order chi connectivity index (χ1) is 9.08. The van der Waals surface area contributed by atoms with Gasteiger partial charge in [0, 0.05) is 25.7 Å². The molecule has 0 unspecified atom stereocenters. The minimum absolute atomic E-state index is 0.225. The maximum atomic E-state index is 11.9. The summed E-state index contributed by atoms with van der Waals surface area (Å²) in [6, 6.07) is 0.225. The summed E-state index contributed by atoms with van der Waals surface area (Å²) in [4.78, 5) is 13.9. The standard InChI is InChI=1S/C12H21N5O2/c1-3-17-10(14)9(12(18)19-2)11(15-17)16-6-4-8(13)5-7-16/h8H,3-7,13-14H2,1-2H3. The largest absolute Gasteiger partial charge is 0.465 e. The summed E-state index contributed by atoms with van der Waals surface area (Å²) in [5, 5.41) is 4.42. The molecule has 0 radical (unpaired) electrons. The molecular weight excluding hydrogens is 246 g/mol. The van der Waals surface area contributed by atoms with Gasteiger partial charge in [-0.1, -0.05) is 0 Å². The molecule has 0 amide bonds. The fourth-order valence-electron chi connectivity index (χ4n) is 2.33. The lowest BCUT2D eigenvalue weighted by Gasteiger charge is -2.30. The Labute approximate surface area is 112 Å². The van der Waals surface area contributed by atoms with Crippen LogP contribution in [0.4, 0.5) is 11.6 Å². The lowest BCUT2D eigenvalue weighted by Crippen LogP contribution is -2.40. The van der Waals surface area contributed by atoms with E-state index in [0.717, 1.165) is 25.9 Å². The highest BCUT2D eigenvalue weighted by molar-refractivity contribution is 5.99. The second kappa shape index (κ2) is 5.48. The summed E-state index contributed by atoms with van der Waals surface area (Å²) in [7, 11) is 1.35. The molecular formula is C12H21N5O2. The number of carbonyl (C=O) groups excluding carboxylic acids is 1. The second-order valence-electron chi connectivity index (χ2n) is 4.72. The third-order valence-electron chi connectivity index (χ3n) is 3.50. The van der Waals surface area contributed by atoms with E-state index < -0.39 is 5.97 Å². The monoisotopic (exact) mass is 267 g/mol. The summed E-state index contributed by atoms with van der Waals surface area (Å²) in [5.41, 5.74) is 12.2. The van der Waals surface area contributed by atoms with Crippen molar-refractivity contribution >= 4 is 17.6 Å². The van der Waals surface area contributed by atoms with Gasteiger partial charge < -0.3 is 21.1 Å². The number of hydrogen-bond donors (Lipinski definition) is 2. The van der Waals surface area contributed by atoms with Crippen molar-refractivity contribution in [3.05, 3.63) is 5.56 Å². The molecule has 0 aliphatic carbocycles. The van der Waals surface area contributed by atoms with E-state index in [1.165, 1.54) is 7.11 Å². The van der Waals surface area contributed by atoms with Crippen LogP contribution in [-0.4, -0.2) is 42.0 Å². The average Bonchev–Trinajstić information content (AvgIpc) is 2.75. The predicted octanol–water partition coefficient (Wildman–Crippen LogP) is 0.199. The highest BCUT2D eigenvalue weighted by Crippen LogP contribution is 2.28. The van der Waals surface area contributed by atoms with Gasteiger partial charge in [-0.15, -0.1) is 0 Å². The summed E-state index contributed by atoms with van der Waals surface area (Å²) < 4.78 is 6.43. The number of aryl methyl sites for hydroxylation is 1. The summed E-state index contributed by atoms with van der Waals surface area (Å²) in [6.45, 7) is 4.11. The van der Waals surface area contributed by atoms with Crippen molar-refractivity contribution < 1.29 is 9.53 Å². The molecule has 0 spiro atoms. The molecule has 106 valence electrons. The zero-order valence-corrected chi connectivity index (χ0v) is 11.4. The Kier molecular flexibility index (Phi) is 3.94. The van der Waals surface area contributed by atoms with Gasteiger partial charge in [0.25, 0.3) is 0 Å². The third-order valence-corrected chi connectivity index (χ3v) is 3.50. The van der Waals surface area contributed by atoms with Crippen LogP contribution < -0.4 is 16.4 Å². The highest BCUT2D eigenvalue weighted by Gasteiger charge is 2.28. The van der Waals surface area contributed by atoms with Crippen molar-refractivity contribution in [1.29, 1.82) is 0 Å². The van der Waals surface area contributed by atoms with E-state index in [4.69, 9.17) is 16.2 Å². The number of hydrogen-bond acceptors (Lipinski definition) is 6. The number of esters is 1. The number of carbonyl (C=O) groups is 1. The van der Waals surface area contributed by atoms with Crippen molar-refractivity contribution in [2.24, 2.45) is 5.73 Å². The van der Waals surface area contributed by atoms with Gasteiger partial charge >= 0.3 is 5.97 Å². The highest BCUT2D eigenvalue weighted by atomic mass is 16.5. The van der Waals surface area contributed by atoms with Crippen LogP contribution in [0.3, 0.4) is 0 Å². The van der Waals surface area contributed by atoms with Crippen LogP contribution in [0, 0.1) is 0 Å². The van der Waals surface area contributed by atoms with Gasteiger partial charge in [-0.05, 0) is 19.8 Å². The van der Waals surface area contributed by atoms with Crippen LogP contribution in [0.25, 0.3) is 0 Å². The van der Waals surface area contributed by atoms with Crippen LogP contribution in [0.5, 0.6) is 0 Å². The Bertz CT molecular complexity index is 463. The number of rotatable bonds is 3. The van der Waals surface area contributed by atoms with Crippen LogP contribution in [0.2, 0.25) is 0 Å². The van der Waals surface area contributed by atoms with E-state index in [-0.39, 0.29) is 6.04 Å². The number of methoxy groups -OCH3 is 1. The van der Waals surface area contributed by atoms with Crippen molar-refractivity contribution in [2.75, 3.05) is 30.8 Å². The molecule has 1 fully saturated rings. The van der Waals surface area contributed by atoms with Gasteiger partial charge in [0.1, 0.15) is 11.4 Å². The van der Waals surface area contributed by atoms with Gasteiger partial charge in [-0.2, -0.15) is 5.10 Å². The minimum atomic E-state index is -0.443. The molecule has 0 aromatic carbocycles. The topological polar surface area (TPSA) is 99.4 Å². The average molecular weight is 267 g/mol. The maximum absolute atomic E-state index is 11.9. The van der Waals surface area contributed by atoms with Gasteiger partial charge in [0.05, 0.1) is 7.11 Å². The first-order valence-corrected chi connectivity index (χ1v) is 6.53. The van der Waals surface area contributed by atoms with E-state index >= 15 is 0 Å². The van der Waals surface area contributed by atoms with Crippen molar-refractivity contribution in [3.63, 3.8) is 0 Å². The van der Waals surface area contributed by atoms with Crippen LogP contribution in [0.1, 0.15) is 30.1 Å². The molecule has 0 bridgehead atoms. The quantitative estimate of drug-likeness (QED) is 0.759. The lowest BCUT2D eigenvalue weighted by molar-refractivity contribution is 0.0602. The molecule has 2 rings (SSSR count). The first-order valence-electron chi connectivity index (χ1n) is 6.53. The van der Waals surface area contributed by atoms with E-state index in [9.17, 15) is 4.79 Å². The number of anilines is 2. The Hall–Kier alpha value is -1.76. The molecule has 7 heteroatoms. The zero-order chi connectivity index (χ0) is 14.0. The Morgan fingerprint density at radius 1 is 1.47 bits per heavy atom. The molecule has 7 nitrogen and oxygen atoms in total. The fourth-order valence-corrected chi connectivity index (χ4v) is 2.33. The van der Waals surface area contributed by atoms with E-state index in [2.05, 4.69) is 10.00 Å². The molecule has 1 saturated heterocycles. The molecule has 1 aromatic heterocycles. The molecule has 19 heavy (non-hydrogen) atoms. The van der Waals surface area contributed by atoms with Crippen LogP contribution in [0.15, 0.2) is 0 Å². The van der Waals surface area contributed by atoms with Gasteiger partial charge in [0.15, 0.2) is 5.82 Å². The Morgan fingerprint density at radius 3 is 2.63 bits per heavy atom. The lowest BCUT2D eigenvalue weighted by atomic mass is 10.1. The SMILES string of the molecule is CCn1nc(N2CCC(N)CC2)c(C(=O)OC)c1N. The van der Waals surface area contributed by atoms with E-state index in [0.29, 0.717) is 23.7 Å². The molecule has 1 aromatic rings. The smallest absolute Gasteiger partial charge is 0.345 e. The predicted molar refractivity (Wildman–Crippen MR) is 73.1 cm³/mol. The molecule has 0 atom stereocenters. The van der Waals surface area contributed by atoms with Crippen molar-refractivity contribution in [1.82, 2.24) is 9.78 Å². The maximum Gasteiger partial charge on any atom is 0.345 e. The van der Waals surface area contributed by atoms with Crippen molar-refractivity contribution in [2.45, 2.75) is 32.4 Å². The Balaban J connectivity index is 2.35. The summed E-state index contributed by atoms with van der Waals surface area (Å²) >= 11 is 0. The van der Waals surface area contributed by atoms with Crippen LogP contribution >= 0.6 is 0 Å². The number of aromatic nitrogens is 2. The number of nitrogens with two attached hydrogens (primary N) is 2. The van der Waals surface area contributed by atoms with E-state index in [1.54, 1.807) is 4.68 Å². The number of ether oxygens (including phenoxy) is 1. The third kappa shape index (κ3) is 2.51. The van der Waals surface area contributed by atoms with Gasteiger partial charge in [-0.25, -0.2) is 9.48 Å². The number of piperidine rings is 1. The van der Waals surface area contributed by atoms with E-state index in [1.807, 2.05) is 6.92 Å². The molecule has 1 aliphatic heterocycles. The van der Waals surface area contributed by atoms with Crippen molar-refractivity contribution in [3.8, 4) is 0 Å². The second-order valence-corrected chi connectivity index (χ2v) is 4.72. The normalized spacial score (nSPS) is 16.7. The van der Waals surface area contributed by atoms with Crippen LogP contribution in [-0.2, 0) is 11.3 Å². The van der Waals surface area contributed by atoms with Gasteiger partial charge in [-0.3, -0.25) is 0 Å². The molecule has 1 aliphatic rings. The molecule has 2 heterocycles. The minimum Gasteiger partial charge on any atom is -0.465 e. The Morgan fingerprint density at radius 2 is 2.11 bits per heavy atom. The molecule has 4 N–H and O–H groups in total. The summed E-state index contributed by atoms with van der Waals surface area (Å²) in [6.07, 6.45) is 1.78.